The summed E-state index contributed by atoms with van der Waals surface area (Å²) in [5.74, 6) is 0.690. The Bertz CT molecular complexity index is 693. The first-order valence-electron chi connectivity index (χ1n) is 11.0. The van der Waals surface area contributed by atoms with E-state index in [1.807, 2.05) is 41.0 Å². The van der Waals surface area contributed by atoms with Crippen LogP contribution in [-0.4, -0.2) is 67.1 Å². The fourth-order valence-corrected chi connectivity index (χ4v) is 4.50. The second-order valence-electron chi connectivity index (χ2n) is 7.97. The van der Waals surface area contributed by atoms with Crippen molar-refractivity contribution in [2.75, 3.05) is 33.4 Å². The summed E-state index contributed by atoms with van der Waals surface area (Å²) in [7, 11) is 1.56. The number of rotatable bonds is 3. The number of nitrogens with zero attached hydrogens (tertiary/aromatic N) is 2. The van der Waals surface area contributed by atoms with Crippen LogP contribution in [0.25, 0.3) is 0 Å². The van der Waals surface area contributed by atoms with Gasteiger partial charge < -0.3 is 19.3 Å². The van der Waals surface area contributed by atoms with Crippen LogP contribution < -0.4 is 4.74 Å². The van der Waals surface area contributed by atoms with Crippen molar-refractivity contribution in [3.05, 3.63) is 29.8 Å². The summed E-state index contributed by atoms with van der Waals surface area (Å²) < 4.78 is 11.6. The lowest BCUT2D eigenvalue weighted by Crippen LogP contribution is -2.52. The normalized spacial score (nSPS) is 23.7. The third-order valence-corrected chi connectivity index (χ3v) is 6.05. The molecule has 1 aromatic rings. The molecule has 2 aliphatic rings. The standard InChI is InChI=1S/C23H34N2O4/c1-3-24-15-9-4-10-16-25(22(26)17-28-2)19-12-6-8-14-21(19)29-20-13-7-5-11-18(20)23(24)27/h5,7,11,13,19,21H,3-4,6,8-10,12,14-17H2,1-2H3/t19-,21+/m1/s1. The third kappa shape index (κ3) is 5.30. The molecule has 29 heavy (non-hydrogen) atoms. The van der Waals surface area contributed by atoms with E-state index in [9.17, 15) is 9.59 Å². The van der Waals surface area contributed by atoms with Crippen molar-refractivity contribution in [1.29, 1.82) is 0 Å². The van der Waals surface area contributed by atoms with Crippen molar-refractivity contribution in [3.63, 3.8) is 0 Å². The quantitative estimate of drug-likeness (QED) is 0.776. The largest absolute Gasteiger partial charge is 0.487 e. The number of hydrogen-bond donors (Lipinski definition) is 0. The summed E-state index contributed by atoms with van der Waals surface area (Å²) in [6.07, 6.45) is 6.73. The van der Waals surface area contributed by atoms with Crippen LogP contribution in [0.2, 0.25) is 0 Å². The van der Waals surface area contributed by atoms with Crippen molar-refractivity contribution < 1.29 is 19.1 Å². The summed E-state index contributed by atoms with van der Waals surface area (Å²) in [4.78, 5) is 29.8. The highest BCUT2D eigenvalue weighted by molar-refractivity contribution is 5.97. The van der Waals surface area contributed by atoms with Crippen LogP contribution in [0.5, 0.6) is 5.75 Å². The van der Waals surface area contributed by atoms with Gasteiger partial charge in [0, 0.05) is 26.7 Å². The van der Waals surface area contributed by atoms with E-state index >= 15 is 0 Å². The third-order valence-electron chi connectivity index (χ3n) is 6.05. The number of hydrogen-bond acceptors (Lipinski definition) is 4. The molecule has 1 saturated carbocycles. The number of methoxy groups -OCH3 is 1. The fraction of sp³-hybridized carbons (Fsp3) is 0.652. The molecule has 1 aromatic carbocycles. The first-order valence-corrected chi connectivity index (χ1v) is 11.0. The molecule has 1 heterocycles. The van der Waals surface area contributed by atoms with E-state index in [1.54, 1.807) is 7.11 Å². The highest BCUT2D eigenvalue weighted by Crippen LogP contribution is 2.30. The number of ether oxygens (including phenoxy) is 2. The molecule has 2 amide bonds. The number of carbonyl (C=O) groups excluding carboxylic acids is 2. The van der Waals surface area contributed by atoms with E-state index in [4.69, 9.17) is 9.47 Å². The molecule has 1 aliphatic heterocycles. The molecule has 0 unspecified atom stereocenters. The van der Waals surface area contributed by atoms with Crippen LogP contribution in [0.1, 0.15) is 62.2 Å². The van der Waals surface area contributed by atoms with Gasteiger partial charge in [0.1, 0.15) is 18.5 Å². The molecule has 3 rings (SSSR count). The molecule has 0 spiro atoms. The summed E-state index contributed by atoms with van der Waals surface area (Å²) in [5.41, 5.74) is 0.618. The number of para-hydroxylation sites is 1. The second-order valence-corrected chi connectivity index (χ2v) is 7.97. The lowest BCUT2D eigenvalue weighted by molar-refractivity contribution is -0.140. The monoisotopic (exact) mass is 402 g/mol. The molecule has 6 nitrogen and oxygen atoms in total. The zero-order valence-corrected chi connectivity index (χ0v) is 17.8. The van der Waals surface area contributed by atoms with Gasteiger partial charge in [-0.2, -0.15) is 0 Å². The number of benzene rings is 1. The van der Waals surface area contributed by atoms with Gasteiger partial charge in [-0.3, -0.25) is 9.59 Å². The zero-order chi connectivity index (χ0) is 20.6. The van der Waals surface area contributed by atoms with Crippen molar-refractivity contribution >= 4 is 11.8 Å². The zero-order valence-electron chi connectivity index (χ0n) is 17.8. The van der Waals surface area contributed by atoms with E-state index in [0.717, 1.165) is 51.5 Å². The Morgan fingerprint density at radius 1 is 1.10 bits per heavy atom. The second kappa shape index (κ2) is 10.6. The Labute approximate surface area is 174 Å². The van der Waals surface area contributed by atoms with Crippen molar-refractivity contribution in [3.8, 4) is 5.75 Å². The van der Waals surface area contributed by atoms with Crippen LogP contribution in [0.3, 0.4) is 0 Å². The van der Waals surface area contributed by atoms with Gasteiger partial charge in [-0.15, -0.1) is 0 Å². The highest BCUT2D eigenvalue weighted by atomic mass is 16.5. The van der Waals surface area contributed by atoms with Crippen molar-refractivity contribution in [2.45, 2.75) is 64.0 Å². The number of fused-ring (bicyclic) bond motifs is 2. The van der Waals surface area contributed by atoms with Gasteiger partial charge in [0.25, 0.3) is 5.91 Å². The fourth-order valence-electron chi connectivity index (χ4n) is 4.50. The lowest BCUT2D eigenvalue weighted by Gasteiger charge is -2.40. The summed E-state index contributed by atoms with van der Waals surface area (Å²) in [6, 6.07) is 7.56. The predicted molar refractivity (Wildman–Crippen MR) is 112 cm³/mol. The van der Waals surface area contributed by atoms with E-state index in [2.05, 4.69) is 0 Å². The van der Waals surface area contributed by atoms with Crippen molar-refractivity contribution in [1.82, 2.24) is 9.80 Å². The maximum atomic E-state index is 13.2. The topological polar surface area (TPSA) is 59.1 Å². The van der Waals surface area contributed by atoms with Crippen LogP contribution in [0.4, 0.5) is 0 Å². The first kappa shape index (κ1) is 21.6. The minimum Gasteiger partial charge on any atom is -0.487 e. The minimum absolute atomic E-state index is 0.0255. The molecule has 2 atom stereocenters. The summed E-state index contributed by atoms with van der Waals surface area (Å²) >= 11 is 0. The predicted octanol–water partition coefficient (Wildman–Crippen LogP) is 3.50. The van der Waals surface area contributed by atoms with Gasteiger partial charge in [-0.25, -0.2) is 0 Å². The number of amides is 2. The van der Waals surface area contributed by atoms with Crippen LogP contribution in [-0.2, 0) is 9.53 Å². The Morgan fingerprint density at radius 3 is 2.66 bits per heavy atom. The Kier molecular flexibility index (Phi) is 7.92. The van der Waals surface area contributed by atoms with Gasteiger partial charge >= 0.3 is 0 Å². The van der Waals surface area contributed by atoms with Gasteiger partial charge in [-0.1, -0.05) is 18.6 Å². The first-order chi connectivity index (χ1) is 14.2. The maximum Gasteiger partial charge on any atom is 0.257 e. The van der Waals surface area contributed by atoms with E-state index < -0.39 is 0 Å². The van der Waals surface area contributed by atoms with E-state index in [0.29, 0.717) is 24.4 Å². The molecule has 0 radical (unpaired) electrons. The molecular weight excluding hydrogens is 368 g/mol. The van der Waals surface area contributed by atoms with Gasteiger partial charge in [0.15, 0.2) is 0 Å². The summed E-state index contributed by atoms with van der Waals surface area (Å²) in [6.45, 7) is 4.23. The summed E-state index contributed by atoms with van der Waals surface area (Å²) in [5, 5.41) is 0. The molecule has 0 aromatic heterocycles. The average Bonchev–Trinajstić information content (AvgIpc) is 2.74. The van der Waals surface area contributed by atoms with Gasteiger partial charge in [-0.05, 0) is 57.6 Å². The van der Waals surface area contributed by atoms with Crippen molar-refractivity contribution in [2.24, 2.45) is 0 Å². The number of carbonyl (C=O) groups is 2. The molecule has 1 fully saturated rings. The molecule has 6 heteroatoms. The van der Waals surface area contributed by atoms with Crippen LogP contribution >= 0.6 is 0 Å². The Hall–Kier alpha value is -2.08. The highest BCUT2D eigenvalue weighted by Gasteiger charge is 2.35. The molecule has 0 N–H and O–H groups in total. The van der Waals surface area contributed by atoms with Crippen LogP contribution in [0.15, 0.2) is 24.3 Å². The van der Waals surface area contributed by atoms with E-state index in [1.165, 1.54) is 0 Å². The minimum atomic E-state index is -0.102. The van der Waals surface area contributed by atoms with E-state index in [-0.39, 0.29) is 30.6 Å². The van der Waals surface area contributed by atoms with Crippen LogP contribution in [0, 0.1) is 0 Å². The lowest BCUT2D eigenvalue weighted by atomic mass is 9.90. The Morgan fingerprint density at radius 2 is 1.86 bits per heavy atom. The maximum absolute atomic E-state index is 13.2. The van der Waals surface area contributed by atoms with Gasteiger partial charge in [0.05, 0.1) is 11.6 Å². The van der Waals surface area contributed by atoms with Gasteiger partial charge in [0.2, 0.25) is 5.91 Å². The molecular formula is C23H34N2O4. The molecule has 0 saturated heterocycles. The SMILES string of the molecule is CCN1CCCCCN(C(=O)COC)[C@@H]2CCCC[C@@H]2Oc2ccccc2C1=O. The Balaban J connectivity index is 1.93. The molecule has 1 aliphatic carbocycles. The molecule has 0 bridgehead atoms. The smallest absolute Gasteiger partial charge is 0.257 e. The molecule has 160 valence electrons. The average molecular weight is 403 g/mol.